The topological polar surface area (TPSA) is 8.17 Å². The Balaban J connectivity index is 1.05. The third-order valence-corrected chi connectivity index (χ3v) is 11.1. The van der Waals surface area contributed by atoms with E-state index in [-0.39, 0.29) is 0 Å². The average Bonchev–Trinajstić information content (AvgIpc) is 3.54. The first-order valence-corrected chi connectivity index (χ1v) is 18.8. The molecule has 0 radical (unpaired) electrons. The Morgan fingerprint density at radius 3 is 1.41 bits per heavy atom. The summed E-state index contributed by atoms with van der Waals surface area (Å²) in [5, 5.41) is 2.57. The molecule has 54 heavy (non-hydrogen) atoms. The molecule has 1 heterocycles. The van der Waals surface area contributed by atoms with Gasteiger partial charge in [-0.1, -0.05) is 127 Å². The van der Waals surface area contributed by atoms with Crippen LogP contribution in [0.25, 0.3) is 60.9 Å². The molecule has 1 aromatic heterocycles. The Morgan fingerprint density at radius 1 is 0.370 bits per heavy atom. The Bertz CT molecular complexity index is 2700. The smallest absolute Gasteiger partial charge is 0.0541 e. The van der Waals surface area contributed by atoms with E-state index in [9.17, 15) is 0 Å². The number of hydrogen-bond acceptors (Lipinski definition) is 1. The number of hydrogen-bond donors (Lipinski definition) is 0. The van der Waals surface area contributed by atoms with Crippen molar-refractivity contribution in [1.82, 2.24) is 4.57 Å². The van der Waals surface area contributed by atoms with Crippen molar-refractivity contribution in [2.24, 2.45) is 0 Å². The van der Waals surface area contributed by atoms with Crippen LogP contribution in [0.2, 0.25) is 0 Å². The van der Waals surface area contributed by atoms with Gasteiger partial charge in [-0.3, -0.25) is 0 Å². The Kier molecular flexibility index (Phi) is 8.44. The largest absolute Gasteiger partial charge is 0.311 e. The highest BCUT2D eigenvalue weighted by Crippen LogP contribution is 2.40. The van der Waals surface area contributed by atoms with E-state index in [1.54, 1.807) is 0 Å². The van der Waals surface area contributed by atoms with Crippen LogP contribution in [-0.4, -0.2) is 4.57 Å². The first-order valence-electron chi connectivity index (χ1n) is 18.8. The molecule has 0 saturated carbocycles. The molecule has 0 aliphatic carbocycles. The predicted octanol–water partition coefficient (Wildman–Crippen LogP) is 14.5. The van der Waals surface area contributed by atoms with Gasteiger partial charge in [0, 0.05) is 33.5 Å². The minimum absolute atomic E-state index is 1.12. The first kappa shape index (κ1) is 33.2. The molecule has 0 aliphatic rings. The van der Waals surface area contributed by atoms with Crippen molar-refractivity contribution >= 4 is 38.9 Å². The normalized spacial score (nSPS) is 11.3. The quantitative estimate of drug-likeness (QED) is 0.161. The summed E-state index contributed by atoms with van der Waals surface area (Å²) >= 11 is 0. The van der Waals surface area contributed by atoms with Gasteiger partial charge in [-0.15, -0.1) is 0 Å². The van der Waals surface area contributed by atoms with Crippen molar-refractivity contribution in [3.63, 3.8) is 0 Å². The van der Waals surface area contributed by atoms with Crippen molar-refractivity contribution in [2.45, 2.75) is 27.7 Å². The summed E-state index contributed by atoms with van der Waals surface area (Å²) < 4.78 is 2.43. The fourth-order valence-electron chi connectivity index (χ4n) is 8.35. The fraction of sp³-hybridized carbons (Fsp3) is 0.0769. The van der Waals surface area contributed by atoms with E-state index in [0.717, 1.165) is 17.1 Å². The number of benzene rings is 8. The molecule has 8 aromatic carbocycles. The number of fused-ring (bicyclic) bond motifs is 3. The van der Waals surface area contributed by atoms with E-state index in [1.165, 1.54) is 83.1 Å². The van der Waals surface area contributed by atoms with Crippen molar-refractivity contribution in [2.75, 3.05) is 4.90 Å². The lowest BCUT2D eigenvalue weighted by molar-refractivity contribution is 1.13. The molecule has 2 nitrogen and oxygen atoms in total. The van der Waals surface area contributed by atoms with Crippen molar-refractivity contribution < 1.29 is 0 Å². The zero-order chi connectivity index (χ0) is 36.8. The summed E-state index contributed by atoms with van der Waals surface area (Å²) in [5.41, 5.74) is 19.7. The third-order valence-electron chi connectivity index (χ3n) is 11.1. The van der Waals surface area contributed by atoms with Gasteiger partial charge in [0.15, 0.2) is 0 Å². The van der Waals surface area contributed by atoms with Gasteiger partial charge in [-0.2, -0.15) is 0 Å². The summed E-state index contributed by atoms with van der Waals surface area (Å²) in [5.74, 6) is 0. The van der Waals surface area contributed by atoms with Crippen LogP contribution in [0.5, 0.6) is 0 Å². The van der Waals surface area contributed by atoms with Crippen LogP contribution in [-0.2, 0) is 0 Å². The minimum Gasteiger partial charge on any atom is -0.311 e. The lowest BCUT2D eigenvalue weighted by atomic mass is 9.89. The van der Waals surface area contributed by atoms with Crippen LogP contribution in [0.3, 0.4) is 0 Å². The van der Waals surface area contributed by atoms with E-state index in [4.69, 9.17) is 0 Å². The summed E-state index contributed by atoms with van der Waals surface area (Å²) in [6, 6.07) is 65.9. The van der Waals surface area contributed by atoms with E-state index in [1.807, 2.05) is 0 Å². The van der Waals surface area contributed by atoms with Gasteiger partial charge < -0.3 is 9.47 Å². The molecule has 2 heteroatoms. The second-order valence-electron chi connectivity index (χ2n) is 14.4. The molecule has 0 amide bonds. The van der Waals surface area contributed by atoms with Gasteiger partial charge in [-0.05, 0) is 138 Å². The number of aryl methyl sites for hydroxylation is 2. The number of anilines is 3. The summed E-state index contributed by atoms with van der Waals surface area (Å²) in [6.45, 7) is 9.04. The van der Waals surface area contributed by atoms with Crippen molar-refractivity contribution in [3.05, 3.63) is 204 Å². The average molecular weight is 695 g/mol. The van der Waals surface area contributed by atoms with Gasteiger partial charge in [0.05, 0.1) is 11.0 Å². The van der Waals surface area contributed by atoms with Crippen LogP contribution in [0.1, 0.15) is 22.3 Å². The maximum Gasteiger partial charge on any atom is 0.0541 e. The van der Waals surface area contributed by atoms with E-state index < -0.39 is 0 Å². The minimum atomic E-state index is 1.12. The van der Waals surface area contributed by atoms with Gasteiger partial charge >= 0.3 is 0 Å². The Labute approximate surface area is 318 Å². The molecular weight excluding hydrogens is 653 g/mol. The maximum absolute atomic E-state index is 2.43. The Morgan fingerprint density at radius 2 is 0.833 bits per heavy atom. The zero-order valence-corrected chi connectivity index (χ0v) is 31.2. The molecule has 0 fully saturated rings. The molecule has 0 spiro atoms. The molecule has 0 bridgehead atoms. The highest BCUT2D eigenvalue weighted by molar-refractivity contribution is 6.09. The monoisotopic (exact) mass is 694 g/mol. The highest BCUT2D eigenvalue weighted by atomic mass is 15.1. The number of rotatable bonds is 7. The molecule has 0 saturated heterocycles. The van der Waals surface area contributed by atoms with E-state index in [0.29, 0.717) is 0 Å². The molecule has 0 N–H and O–H groups in total. The number of aromatic nitrogens is 1. The van der Waals surface area contributed by atoms with E-state index >= 15 is 0 Å². The number of nitrogens with zero attached hydrogens (tertiary/aromatic N) is 2. The SMILES string of the molecule is Cc1cc(-c2ccc(-n3c4ccccc4c4ccccc43)c(C)c2C)cc(C)c1-c1ccc(N(c2ccccc2)c2ccc(-c3ccccc3)cc2)cc1. The van der Waals surface area contributed by atoms with Crippen molar-refractivity contribution in [3.8, 4) is 39.1 Å². The second kappa shape index (κ2) is 13.7. The number of para-hydroxylation sites is 3. The van der Waals surface area contributed by atoms with Gasteiger partial charge in [0.25, 0.3) is 0 Å². The second-order valence-corrected chi connectivity index (χ2v) is 14.4. The zero-order valence-electron chi connectivity index (χ0n) is 31.2. The highest BCUT2D eigenvalue weighted by Gasteiger charge is 2.18. The van der Waals surface area contributed by atoms with Crippen LogP contribution in [0.4, 0.5) is 17.1 Å². The summed E-state index contributed by atoms with van der Waals surface area (Å²) in [7, 11) is 0. The van der Waals surface area contributed by atoms with E-state index in [2.05, 4.69) is 219 Å². The fourth-order valence-corrected chi connectivity index (χ4v) is 8.35. The standard InChI is InChI=1S/C52H42N2/c1-35-33-42(46-31-32-49(38(4)37(46)3)54-50-21-13-11-19-47(50)48-20-12-14-22-51(48)54)34-36(2)52(35)41-25-29-45(30-26-41)53(43-17-9-6-10-18-43)44-27-23-40(24-28-44)39-15-7-5-8-16-39/h5-34H,1-4H3. The lowest BCUT2D eigenvalue weighted by Crippen LogP contribution is -2.09. The molecule has 0 atom stereocenters. The van der Waals surface area contributed by atoms with Gasteiger partial charge in [0.1, 0.15) is 0 Å². The maximum atomic E-state index is 2.43. The van der Waals surface area contributed by atoms with Crippen LogP contribution in [0.15, 0.2) is 182 Å². The van der Waals surface area contributed by atoms with Crippen molar-refractivity contribution in [1.29, 1.82) is 0 Å². The van der Waals surface area contributed by atoms with Gasteiger partial charge in [0.2, 0.25) is 0 Å². The van der Waals surface area contributed by atoms with Crippen LogP contribution < -0.4 is 4.90 Å². The molecule has 9 aromatic rings. The summed E-state index contributed by atoms with van der Waals surface area (Å²) in [4.78, 5) is 2.33. The van der Waals surface area contributed by atoms with Crippen LogP contribution in [0, 0.1) is 27.7 Å². The molecule has 0 aliphatic heterocycles. The molecule has 9 rings (SSSR count). The lowest BCUT2D eigenvalue weighted by Gasteiger charge is -2.26. The molecule has 0 unspecified atom stereocenters. The molecule has 260 valence electrons. The third kappa shape index (κ3) is 5.77. The summed E-state index contributed by atoms with van der Waals surface area (Å²) in [6.07, 6.45) is 0. The predicted molar refractivity (Wildman–Crippen MR) is 231 cm³/mol. The van der Waals surface area contributed by atoms with Crippen LogP contribution >= 0.6 is 0 Å². The Hall–Kier alpha value is -6.64. The van der Waals surface area contributed by atoms with Gasteiger partial charge in [-0.25, -0.2) is 0 Å². The first-order chi connectivity index (χ1) is 26.5. The molecular formula is C52H42N2.